The third-order valence-corrected chi connectivity index (χ3v) is 6.63. The summed E-state index contributed by atoms with van der Waals surface area (Å²) in [6.07, 6.45) is 18.5. The van der Waals surface area contributed by atoms with Gasteiger partial charge in [-0.3, -0.25) is 4.79 Å². The fraction of sp³-hybridized carbons (Fsp3) is 0.522. The van der Waals surface area contributed by atoms with Gasteiger partial charge in [0, 0.05) is 6.42 Å². The summed E-state index contributed by atoms with van der Waals surface area (Å²) in [5, 5.41) is 0. The molecule has 0 amide bonds. The van der Waals surface area contributed by atoms with Crippen molar-refractivity contribution in [1.82, 2.24) is 0 Å². The van der Waals surface area contributed by atoms with Crippen molar-refractivity contribution in [2.24, 2.45) is 0 Å². The standard InChI is InChI=1S/C23H26O/c24-23-12-2-7-16-13-15-5-1-6-17-14-22(23)21-11-4-9-19(16)18(15)8-3-10-20(17)21/h13-14H,1-12H2. The predicted molar refractivity (Wildman–Crippen MR) is 95.0 cm³/mol. The van der Waals surface area contributed by atoms with Crippen LogP contribution in [0.1, 0.15) is 77.0 Å². The second-order valence-electron chi connectivity index (χ2n) is 8.03. The van der Waals surface area contributed by atoms with E-state index in [-0.39, 0.29) is 0 Å². The minimum Gasteiger partial charge on any atom is -0.299 e. The van der Waals surface area contributed by atoms with Gasteiger partial charge in [-0.2, -0.15) is 0 Å². The van der Waals surface area contributed by atoms with E-state index in [1.165, 1.54) is 56.8 Å². The van der Waals surface area contributed by atoms with Crippen molar-refractivity contribution in [3.05, 3.63) is 60.2 Å². The van der Waals surface area contributed by atoms with Crippen LogP contribution in [0.15, 0.2) is 0 Å². The van der Waals surface area contributed by atoms with Gasteiger partial charge < -0.3 is 0 Å². The van der Waals surface area contributed by atoms with Crippen LogP contribution in [-0.2, 0) is 4.79 Å². The maximum absolute atomic E-state index is 12.9. The van der Waals surface area contributed by atoms with Gasteiger partial charge in [0.15, 0.2) is 0 Å². The summed E-state index contributed by atoms with van der Waals surface area (Å²) >= 11 is 0. The Morgan fingerprint density at radius 2 is 0.958 bits per heavy atom. The third-order valence-electron chi connectivity index (χ3n) is 6.63. The van der Waals surface area contributed by atoms with Gasteiger partial charge in [-0.15, -0.1) is 0 Å². The molecule has 0 aromatic rings. The SMILES string of the molecule is O=C1CCC[C]2[CH][C]3CCC[C]4[CH][C]1[C]1CCC[C]2[C]3CCC[C]41. The fourth-order valence-corrected chi connectivity index (χ4v) is 5.54. The molecule has 1 heteroatoms. The molecule has 5 fully saturated rings. The Labute approximate surface area is 148 Å². The molecule has 0 aromatic heterocycles. The van der Waals surface area contributed by atoms with E-state index in [4.69, 9.17) is 0 Å². The summed E-state index contributed by atoms with van der Waals surface area (Å²) in [6, 6.07) is 0. The van der Waals surface area contributed by atoms with Crippen molar-refractivity contribution in [3.63, 3.8) is 0 Å². The zero-order valence-corrected chi connectivity index (χ0v) is 14.5. The van der Waals surface area contributed by atoms with E-state index in [0.717, 1.165) is 38.0 Å². The van der Waals surface area contributed by atoms with Crippen molar-refractivity contribution in [1.29, 1.82) is 0 Å². The van der Waals surface area contributed by atoms with Gasteiger partial charge >= 0.3 is 0 Å². The fourth-order valence-electron chi connectivity index (χ4n) is 5.54. The Morgan fingerprint density at radius 3 is 1.62 bits per heavy atom. The van der Waals surface area contributed by atoms with E-state index in [0.29, 0.717) is 5.78 Å². The zero-order chi connectivity index (χ0) is 16.1. The third kappa shape index (κ3) is 2.60. The van der Waals surface area contributed by atoms with Gasteiger partial charge in [-0.1, -0.05) is 19.3 Å². The van der Waals surface area contributed by atoms with Crippen LogP contribution in [0.3, 0.4) is 0 Å². The average Bonchev–Trinajstić information content (AvgIpc) is 3.09. The number of hydrogen-bond acceptors (Lipinski definition) is 1. The van der Waals surface area contributed by atoms with Gasteiger partial charge in [0.2, 0.25) is 0 Å². The van der Waals surface area contributed by atoms with Crippen LogP contribution in [0.5, 0.6) is 0 Å². The molecule has 0 N–H and O–H groups in total. The topological polar surface area (TPSA) is 17.1 Å². The summed E-state index contributed by atoms with van der Waals surface area (Å²) in [5.41, 5.74) is 0. The minimum absolute atomic E-state index is 0.409. The first-order chi connectivity index (χ1) is 11.8. The van der Waals surface area contributed by atoms with E-state index < -0.39 is 0 Å². The highest BCUT2D eigenvalue weighted by Gasteiger charge is 2.50. The van der Waals surface area contributed by atoms with Crippen LogP contribution >= 0.6 is 0 Å². The van der Waals surface area contributed by atoms with Gasteiger partial charge in [0.05, 0.1) is 5.92 Å². The normalized spacial score (nSPS) is 33.6. The molecule has 1 nitrogen and oxygen atoms in total. The molecule has 0 atom stereocenters. The smallest absolute Gasteiger partial charge is 0.140 e. The first-order valence-electron chi connectivity index (χ1n) is 9.94. The molecule has 24 heavy (non-hydrogen) atoms. The van der Waals surface area contributed by atoms with Crippen LogP contribution in [0.4, 0.5) is 0 Å². The number of carbonyl (C=O) groups is 1. The average molecular weight is 318 g/mol. The van der Waals surface area contributed by atoms with Crippen molar-refractivity contribution in [2.75, 3.05) is 0 Å². The molecule has 0 aromatic carbocycles. The molecular weight excluding hydrogens is 292 g/mol. The molecule has 0 spiro atoms. The highest BCUT2D eigenvalue weighted by molar-refractivity contribution is 6.00. The van der Waals surface area contributed by atoms with Crippen molar-refractivity contribution < 1.29 is 4.79 Å². The van der Waals surface area contributed by atoms with Crippen LogP contribution in [0, 0.1) is 60.2 Å². The Kier molecular flexibility index (Phi) is 4.26. The first-order valence-corrected chi connectivity index (χ1v) is 9.94. The lowest BCUT2D eigenvalue weighted by atomic mass is 9.71. The first kappa shape index (κ1) is 15.9. The van der Waals surface area contributed by atoms with Crippen LogP contribution < -0.4 is 0 Å². The lowest BCUT2D eigenvalue weighted by Crippen LogP contribution is -2.21. The van der Waals surface area contributed by atoms with E-state index in [9.17, 15) is 4.79 Å². The van der Waals surface area contributed by atoms with Crippen LogP contribution in [-0.4, -0.2) is 5.78 Å². The summed E-state index contributed by atoms with van der Waals surface area (Å²) in [4.78, 5) is 12.9. The van der Waals surface area contributed by atoms with E-state index in [1.807, 2.05) is 0 Å². The largest absolute Gasteiger partial charge is 0.299 e. The molecule has 4 bridgehead atoms. The highest BCUT2D eigenvalue weighted by atomic mass is 16.1. The van der Waals surface area contributed by atoms with Crippen molar-refractivity contribution >= 4 is 5.78 Å². The molecule has 5 saturated carbocycles. The van der Waals surface area contributed by atoms with Gasteiger partial charge in [-0.25, -0.2) is 0 Å². The van der Waals surface area contributed by atoms with E-state index in [2.05, 4.69) is 12.8 Å². The van der Waals surface area contributed by atoms with Crippen LogP contribution in [0.25, 0.3) is 0 Å². The molecule has 124 valence electrons. The summed E-state index contributed by atoms with van der Waals surface area (Å²) in [5.74, 6) is 12.6. The monoisotopic (exact) mass is 318 g/mol. The molecule has 0 saturated heterocycles. The molecule has 5 aliphatic rings. The quantitative estimate of drug-likeness (QED) is 0.591. The molecular formula is C23H26O. The second kappa shape index (κ2) is 6.44. The Balaban J connectivity index is 1.56. The summed E-state index contributed by atoms with van der Waals surface area (Å²) < 4.78 is 0. The number of carbonyl (C=O) groups excluding carboxylic acids is 1. The Bertz CT molecular complexity index is 482. The Hall–Kier alpha value is -0.330. The molecule has 10 radical (unpaired) electrons. The van der Waals surface area contributed by atoms with Gasteiger partial charge in [0.25, 0.3) is 0 Å². The van der Waals surface area contributed by atoms with Gasteiger partial charge in [-0.05, 0) is 106 Å². The van der Waals surface area contributed by atoms with E-state index >= 15 is 0 Å². The van der Waals surface area contributed by atoms with E-state index in [1.54, 1.807) is 29.6 Å². The predicted octanol–water partition coefficient (Wildman–Crippen LogP) is 5.31. The highest BCUT2D eigenvalue weighted by Crippen LogP contribution is 2.60. The maximum Gasteiger partial charge on any atom is 0.140 e. The van der Waals surface area contributed by atoms with Crippen LogP contribution in [0.2, 0.25) is 0 Å². The lowest BCUT2D eigenvalue weighted by Gasteiger charge is -2.32. The van der Waals surface area contributed by atoms with Gasteiger partial charge in [0.1, 0.15) is 5.78 Å². The molecule has 0 aliphatic heterocycles. The number of ketones is 1. The lowest BCUT2D eigenvalue weighted by molar-refractivity contribution is -0.117. The Morgan fingerprint density at radius 1 is 0.500 bits per heavy atom. The second-order valence-corrected chi connectivity index (χ2v) is 8.03. The number of hydrogen-bond donors (Lipinski definition) is 0. The number of rotatable bonds is 0. The van der Waals surface area contributed by atoms with Crippen molar-refractivity contribution in [3.8, 4) is 0 Å². The zero-order valence-electron chi connectivity index (χ0n) is 14.5. The summed E-state index contributed by atoms with van der Waals surface area (Å²) in [6.45, 7) is 0. The molecule has 5 aliphatic carbocycles. The molecule has 0 heterocycles. The molecule has 5 rings (SSSR count). The molecule has 0 unspecified atom stereocenters. The number of Topliss-reactive ketones (excluding diaryl/α,β-unsaturated/α-hetero) is 1. The summed E-state index contributed by atoms with van der Waals surface area (Å²) in [7, 11) is 0. The maximum atomic E-state index is 12.9. The number of fused-ring (bicyclic) bond motifs is 4. The van der Waals surface area contributed by atoms with Crippen molar-refractivity contribution in [2.45, 2.75) is 77.0 Å². The minimum atomic E-state index is 0.409.